The largest absolute Gasteiger partial charge is 0.396 e. The van der Waals surface area contributed by atoms with Crippen molar-refractivity contribution < 1.29 is 9.90 Å². The van der Waals surface area contributed by atoms with E-state index in [1.807, 2.05) is 14.1 Å². The van der Waals surface area contributed by atoms with E-state index in [0.717, 1.165) is 25.8 Å². The second-order valence-electron chi connectivity index (χ2n) is 6.18. The van der Waals surface area contributed by atoms with E-state index in [1.54, 1.807) is 4.90 Å². The number of aliphatic hydroxyl groups excluding tert-OH is 1. The summed E-state index contributed by atoms with van der Waals surface area (Å²) in [5, 5.41) is 12.1. The highest BCUT2D eigenvalue weighted by Gasteiger charge is 2.25. The van der Waals surface area contributed by atoms with Crippen molar-refractivity contribution in [2.24, 2.45) is 5.92 Å². The maximum absolute atomic E-state index is 12.0. The Morgan fingerprint density at radius 3 is 2.68 bits per heavy atom. The SMILES string of the molecule is CN(C)c1ccc(CCCNC(=O)N2CCC(CO)C2)cc1. The highest BCUT2D eigenvalue weighted by Crippen LogP contribution is 2.15. The van der Waals surface area contributed by atoms with E-state index in [1.165, 1.54) is 11.3 Å². The zero-order chi connectivity index (χ0) is 15.9. The van der Waals surface area contributed by atoms with Crippen LogP contribution < -0.4 is 10.2 Å². The Bertz CT molecular complexity index is 473. The standard InChI is InChI=1S/C17H27N3O2/c1-19(2)16-7-5-14(6-8-16)4-3-10-18-17(22)20-11-9-15(12-20)13-21/h5-8,15,21H,3-4,9-13H2,1-2H3,(H,18,22). The van der Waals surface area contributed by atoms with E-state index < -0.39 is 0 Å². The molecule has 1 aliphatic rings. The van der Waals surface area contributed by atoms with Gasteiger partial charge in [0.1, 0.15) is 0 Å². The van der Waals surface area contributed by atoms with Crippen molar-refractivity contribution in [2.45, 2.75) is 19.3 Å². The van der Waals surface area contributed by atoms with Crippen LogP contribution in [0.15, 0.2) is 24.3 Å². The van der Waals surface area contributed by atoms with Crippen molar-refractivity contribution in [1.29, 1.82) is 0 Å². The predicted molar refractivity (Wildman–Crippen MR) is 89.3 cm³/mol. The molecule has 1 atom stereocenters. The van der Waals surface area contributed by atoms with Gasteiger partial charge in [0.25, 0.3) is 0 Å². The molecule has 0 aliphatic carbocycles. The molecule has 0 aromatic heterocycles. The van der Waals surface area contributed by atoms with Crippen LogP contribution in [0.2, 0.25) is 0 Å². The minimum absolute atomic E-state index is 0.00101. The first kappa shape index (κ1) is 16.6. The van der Waals surface area contributed by atoms with Gasteiger partial charge in [0, 0.05) is 51.9 Å². The molecule has 1 unspecified atom stereocenters. The second kappa shape index (κ2) is 8.03. The number of anilines is 1. The quantitative estimate of drug-likeness (QED) is 0.787. The number of likely N-dealkylation sites (tertiary alicyclic amines) is 1. The van der Waals surface area contributed by atoms with Crippen molar-refractivity contribution in [1.82, 2.24) is 10.2 Å². The van der Waals surface area contributed by atoms with Gasteiger partial charge in [-0.05, 0) is 37.0 Å². The molecule has 2 N–H and O–H groups in total. The van der Waals surface area contributed by atoms with Gasteiger partial charge in [0.15, 0.2) is 0 Å². The van der Waals surface area contributed by atoms with Crippen LogP contribution in [0.5, 0.6) is 0 Å². The lowest BCUT2D eigenvalue weighted by Crippen LogP contribution is -2.39. The van der Waals surface area contributed by atoms with Gasteiger partial charge in [0.2, 0.25) is 0 Å². The number of aryl methyl sites for hydroxylation is 1. The lowest BCUT2D eigenvalue weighted by molar-refractivity contribution is 0.198. The molecule has 0 radical (unpaired) electrons. The maximum Gasteiger partial charge on any atom is 0.317 e. The van der Waals surface area contributed by atoms with Gasteiger partial charge in [-0.25, -0.2) is 4.79 Å². The van der Waals surface area contributed by atoms with Crippen LogP contribution in [0.25, 0.3) is 0 Å². The van der Waals surface area contributed by atoms with E-state index >= 15 is 0 Å². The zero-order valence-corrected chi connectivity index (χ0v) is 13.6. The summed E-state index contributed by atoms with van der Waals surface area (Å²) in [6, 6.07) is 8.52. The summed E-state index contributed by atoms with van der Waals surface area (Å²) >= 11 is 0. The molecule has 1 aromatic rings. The molecule has 1 aromatic carbocycles. The Hall–Kier alpha value is -1.75. The van der Waals surface area contributed by atoms with Crippen molar-refractivity contribution in [3.8, 4) is 0 Å². The first-order valence-electron chi connectivity index (χ1n) is 8.00. The Morgan fingerprint density at radius 2 is 2.09 bits per heavy atom. The summed E-state index contributed by atoms with van der Waals surface area (Å²) in [6.07, 6.45) is 2.81. The topological polar surface area (TPSA) is 55.8 Å². The average Bonchev–Trinajstić information content (AvgIpc) is 3.01. The average molecular weight is 305 g/mol. The van der Waals surface area contributed by atoms with E-state index in [9.17, 15) is 4.79 Å². The van der Waals surface area contributed by atoms with Crippen LogP contribution in [0.3, 0.4) is 0 Å². The van der Waals surface area contributed by atoms with Crippen LogP contribution in [0.1, 0.15) is 18.4 Å². The fourth-order valence-corrected chi connectivity index (χ4v) is 2.73. The first-order chi connectivity index (χ1) is 10.6. The van der Waals surface area contributed by atoms with Crippen LogP contribution in [-0.4, -0.2) is 56.4 Å². The molecular weight excluding hydrogens is 278 g/mol. The number of amides is 2. The number of hydrogen-bond donors (Lipinski definition) is 2. The number of carbonyl (C=O) groups excluding carboxylic acids is 1. The molecule has 1 aliphatic heterocycles. The molecule has 2 amide bonds. The first-order valence-corrected chi connectivity index (χ1v) is 8.00. The number of rotatable bonds is 6. The Labute approximate surface area is 132 Å². The van der Waals surface area contributed by atoms with Gasteiger partial charge in [0.05, 0.1) is 0 Å². The third-order valence-electron chi connectivity index (χ3n) is 4.20. The maximum atomic E-state index is 12.0. The monoisotopic (exact) mass is 305 g/mol. The molecule has 1 heterocycles. The molecule has 0 bridgehead atoms. The zero-order valence-electron chi connectivity index (χ0n) is 13.6. The molecule has 5 heteroatoms. The Morgan fingerprint density at radius 1 is 1.36 bits per heavy atom. The molecular formula is C17H27N3O2. The summed E-state index contributed by atoms with van der Waals surface area (Å²) in [5.41, 5.74) is 2.49. The minimum Gasteiger partial charge on any atom is -0.396 e. The third-order valence-corrected chi connectivity index (χ3v) is 4.20. The lowest BCUT2D eigenvalue weighted by atomic mass is 10.1. The molecule has 1 fully saturated rings. The van der Waals surface area contributed by atoms with E-state index in [4.69, 9.17) is 5.11 Å². The summed E-state index contributed by atoms with van der Waals surface area (Å²) in [7, 11) is 4.06. The van der Waals surface area contributed by atoms with E-state index in [2.05, 4.69) is 34.5 Å². The van der Waals surface area contributed by atoms with Gasteiger partial charge >= 0.3 is 6.03 Å². The Balaban J connectivity index is 1.65. The summed E-state index contributed by atoms with van der Waals surface area (Å²) in [6.45, 7) is 2.29. The van der Waals surface area contributed by atoms with Gasteiger partial charge in [-0.2, -0.15) is 0 Å². The van der Waals surface area contributed by atoms with Gasteiger partial charge < -0.3 is 20.2 Å². The molecule has 2 rings (SSSR count). The summed E-state index contributed by atoms with van der Waals surface area (Å²) in [5.74, 6) is 0.251. The summed E-state index contributed by atoms with van der Waals surface area (Å²) in [4.78, 5) is 15.8. The number of nitrogens with one attached hydrogen (secondary N) is 1. The van der Waals surface area contributed by atoms with Crippen LogP contribution >= 0.6 is 0 Å². The predicted octanol–water partition coefficient (Wildman–Crippen LogP) is 1.71. The number of aliphatic hydroxyl groups is 1. The molecule has 22 heavy (non-hydrogen) atoms. The van der Waals surface area contributed by atoms with Crippen molar-refractivity contribution in [3.63, 3.8) is 0 Å². The minimum atomic E-state index is -0.00101. The van der Waals surface area contributed by atoms with E-state index in [0.29, 0.717) is 13.1 Å². The smallest absolute Gasteiger partial charge is 0.317 e. The summed E-state index contributed by atoms with van der Waals surface area (Å²) < 4.78 is 0. The number of nitrogens with zero attached hydrogens (tertiary/aromatic N) is 2. The van der Waals surface area contributed by atoms with Gasteiger partial charge in [-0.1, -0.05) is 12.1 Å². The second-order valence-corrected chi connectivity index (χ2v) is 6.18. The molecule has 0 saturated carbocycles. The van der Waals surface area contributed by atoms with Crippen molar-refractivity contribution in [3.05, 3.63) is 29.8 Å². The highest BCUT2D eigenvalue weighted by molar-refractivity contribution is 5.74. The van der Waals surface area contributed by atoms with Crippen LogP contribution in [-0.2, 0) is 6.42 Å². The molecule has 5 nitrogen and oxygen atoms in total. The number of urea groups is 1. The van der Waals surface area contributed by atoms with Crippen LogP contribution in [0, 0.1) is 5.92 Å². The third kappa shape index (κ3) is 4.63. The highest BCUT2D eigenvalue weighted by atomic mass is 16.3. The number of carbonyl (C=O) groups is 1. The van der Waals surface area contributed by atoms with Gasteiger partial charge in [-0.15, -0.1) is 0 Å². The molecule has 1 saturated heterocycles. The van der Waals surface area contributed by atoms with Crippen molar-refractivity contribution >= 4 is 11.7 Å². The van der Waals surface area contributed by atoms with Crippen LogP contribution in [0.4, 0.5) is 10.5 Å². The van der Waals surface area contributed by atoms with Crippen molar-refractivity contribution in [2.75, 3.05) is 45.2 Å². The molecule has 122 valence electrons. The number of hydrogen-bond acceptors (Lipinski definition) is 3. The number of benzene rings is 1. The molecule has 0 spiro atoms. The normalized spacial score (nSPS) is 17.6. The lowest BCUT2D eigenvalue weighted by Gasteiger charge is -2.17. The van der Waals surface area contributed by atoms with Gasteiger partial charge in [-0.3, -0.25) is 0 Å². The Kier molecular flexibility index (Phi) is 6.07. The fourth-order valence-electron chi connectivity index (χ4n) is 2.73. The van der Waals surface area contributed by atoms with E-state index in [-0.39, 0.29) is 18.6 Å². The fraction of sp³-hybridized carbons (Fsp3) is 0.588.